The first kappa shape index (κ1) is 21.7. The van der Waals surface area contributed by atoms with E-state index in [-0.39, 0.29) is 24.0 Å². The number of aromatic nitrogens is 1. The maximum atomic E-state index is 12.7. The third-order valence-electron chi connectivity index (χ3n) is 5.63. The minimum atomic E-state index is -0.697. The van der Waals surface area contributed by atoms with E-state index in [2.05, 4.69) is 16.0 Å². The standard InChI is InChI=1S/C22H25ClN4O3/c1-13-14(2)27(16-6-4-3-5-7-16)22(18(13)11-24)26-20(28)12-30-19-9-8-15(23)10-17(19)21(25)29/h8-10,16H,3-7,12H2,1-2H3,(H2,25,29)(H,26,28). The summed E-state index contributed by atoms with van der Waals surface area (Å²) in [5.41, 5.74) is 7.78. The molecule has 1 aliphatic rings. The van der Waals surface area contributed by atoms with Gasteiger partial charge in [0.25, 0.3) is 11.8 Å². The fourth-order valence-corrected chi connectivity index (χ4v) is 4.19. The van der Waals surface area contributed by atoms with Gasteiger partial charge in [-0.3, -0.25) is 9.59 Å². The number of halogens is 1. The normalized spacial score (nSPS) is 14.2. The third kappa shape index (κ3) is 4.44. The zero-order chi connectivity index (χ0) is 21.8. The fourth-order valence-electron chi connectivity index (χ4n) is 4.01. The molecule has 0 bridgehead atoms. The number of anilines is 1. The highest BCUT2D eigenvalue weighted by Gasteiger charge is 2.26. The van der Waals surface area contributed by atoms with E-state index in [1.807, 2.05) is 13.8 Å². The van der Waals surface area contributed by atoms with E-state index in [4.69, 9.17) is 22.1 Å². The molecule has 7 nitrogen and oxygen atoms in total. The Labute approximate surface area is 180 Å². The lowest BCUT2D eigenvalue weighted by molar-refractivity contribution is -0.118. The lowest BCUT2D eigenvalue weighted by Gasteiger charge is -2.27. The average Bonchev–Trinajstić information content (AvgIpc) is 2.96. The van der Waals surface area contributed by atoms with Crippen molar-refractivity contribution in [2.75, 3.05) is 11.9 Å². The number of rotatable bonds is 6. The SMILES string of the molecule is Cc1c(C#N)c(NC(=O)COc2ccc(Cl)cc2C(N)=O)n(C2CCCCC2)c1C. The maximum Gasteiger partial charge on any atom is 0.263 e. The molecule has 3 rings (SSSR count). The molecule has 2 amide bonds. The minimum absolute atomic E-state index is 0.102. The summed E-state index contributed by atoms with van der Waals surface area (Å²) in [6.45, 7) is 3.54. The summed E-state index contributed by atoms with van der Waals surface area (Å²) in [5.74, 6) is -0.430. The Bertz CT molecular complexity index is 1020. The average molecular weight is 429 g/mol. The van der Waals surface area contributed by atoms with Gasteiger partial charge in [-0.2, -0.15) is 5.26 Å². The van der Waals surface area contributed by atoms with Crippen molar-refractivity contribution in [2.24, 2.45) is 5.73 Å². The molecule has 0 saturated heterocycles. The first-order valence-electron chi connectivity index (χ1n) is 9.97. The van der Waals surface area contributed by atoms with Crippen LogP contribution in [0.3, 0.4) is 0 Å². The molecule has 1 saturated carbocycles. The van der Waals surface area contributed by atoms with Crippen LogP contribution in [0.25, 0.3) is 0 Å². The Morgan fingerprint density at radius 1 is 1.30 bits per heavy atom. The molecule has 0 radical (unpaired) electrons. The Morgan fingerprint density at radius 2 is 2.00 bits per heavy atom. The summed E-state index contributed by atoms with van der Waals surface area (Å²) < 4.78 is 7.61. The van der Waals surface area contributed by atoms with Crippen molar-refractivity contribution in [3.63, 3.8) is 0 Å². The Morgan fingerprint density at radius 3 is 2.63 bits per heavy atom. The van der Waals surface area contributed by atoms with Gasteiger partial charge in [0, 0.05) is 16.8 Å². The van der Waals surface area contributed by atoms with Gasteiger partial charge in [0.15, 0.2) is 6.61 Å². The molecule has 0 atom stereocenters. The van der Waals surface area contributed by atoms with Gasteiger partial charge in [-0.1, -0.05) is 30.9 Å². The lowest BCUT2D eigenvalue weighted by atomic mass is 9.95. The minimum Gasteiger partial charge on any atom is -0.483 e. The number of carbonyl (C=O) groups excluding carboxylic acids is 2. The van der Waals surface area contributed by atoms with E-state index in [9.17, 15) is 14.9 Å². The molecule has 0 aliphatic heterocycles. The number of carbonyl (C=O) groups is 2. The Balaban J connectivity index is 1.81. The number of nitrogens with two attached hydrogens (primary N) is 1. The highest BCUT2D eigenvalue weighted by molar-refractivity contribution is 6.31. The van der Waals surface area contributed by atoms with Crippen molar-refractivity contribution < 1.29 is 14.3 Å². The maximum absolute atomic E-state index is 12.7. The number of amides is 2. The molecule has 30 heavy (non-hydrogen) atoms. The van der Waals surface area contributed by atoms with Crippen LogP contribution in [0.5, 0.6) is 5.75 Å². The van der Waals surface area contributed by atoms with Crippen molar-refractivity contribution in [1.29, 1.82) is 5.26 Å². The van der Waals surface area contributed by atoms with Crippen LogP contribution in [-0.2, 0) is 4.79 Å². The van der Waals surface area contributed by atoms with Crippen LogP contribution in [0.1, 0.15) is 65.3 Å². The summed E-state index contributed by atoms with van der Waals surface area (Å²) in [4.78, 5) is 24.3. The number of benzene rings is 1. The zero-order valence-electron chi connectivity index (χ0n) is 17.1. The van der Waals surface area contributed by atoms with Gasteiger partial charge in [-0.05, 0) is 50.5 Å². The van der Waals surface area contributed by atoms with Crippen molar-refractivity contribution >= 4 is 29.2 Å². The first-order valence-corrected chi connectivity index (χ1v) is 10.3. The summed E-state index contributed by atoms with van der Waals surface area (Å²) in [5, 5.41) is 12.9. The van der Waals surface area contributed by atoms with Crippen LogP contribution in [0.15, 0.2) is 18.2 Å². The molecule has 1 aromatic carbocycles. The molecule has 3 N–H and O–H groups in total. The quantitative estimate of drug-likeness (QED) is 0.716. The number of primary amides is 1. The molecule has 1 heterocycles. The molecule has 8 heteroatoms. The monoisotopic (exact) mass is 428 g/mol. The van der Waals surface area contributed by atoms with E-state index in [0.29, 0.717) is 16.4 Å². The Kier molecular flexibility index (Phi) is 6.68. The molecule has 1 aromatic heterocycles. The van der Waals surface area contributed by atoms with E-state index in [0.717, 1.165) is 36.9 Å². The summed E-state index contributed by atoms with van der Waals surface area (Å²) in [6, 6.07) is 6.92. The molecule has 1 fully saturated rings. The summed E-state index contributed by atoms with van der Waals surface area (Å²) >= 11 is 5.90. The predicted molar refractivity (Wildman–Crippen MR) is 115 cm³/mol. The second kappa shape index (κ2) is 9.23. The highest BCUT2D eigenvalue weighted by Crippen LogP contribution is 2.36. The molecular formula is C22H25ClN4O3. The molecule has 1 aliphatic carbocycles. The van der Waals surface area contributed by atoms with Gasteiger partial charge in [-0.15, -0.1) is 0 Å². The van der Waals surface area contributed by atoms with E-state index < -0.39 is 11.8 Å². The summed E-state index contributed by atoms with van der Waals surface area (Å²) in [7, 11) is 0. The first-order chi connectivity index (χ1) is 14.3. The topological polar surface area (TPSA) is 110 Å². The number of hydrogen-bond acceptors (Lipinski definition) is 4. The summed E-state index contributed by atoms with van der Waals surface area (Å²) in [6.07, 6.45) is 5.51. The van der Waals surface area contributed by atoms with Crippen LogP contribution in [0.4, 0.5) is 5.82 Å². The number of ether oxygens (including phenoxy) is 1. The third-order valence-corrected chi connectivity index (χ3v) is 5.87. The van der Waals surface area contributed by atoms with Gasteiger partial charge < -0.3 is 20.4 Å². The van der Waals surface area contributed by atoms with Gasteiger partial charge in [0.1, 0.15) is 17.6 Å². The lowest BCUT2D eigenvalue weighted by Crippen LogP contribution is -2.25. The van der Waals surface area contributed by atoms with E-state index in [1.54, 1.807) is 6.07 Å². The molecule has 158 valence electrons. The van der Waals surface area contributed by atoms with Crippen molar-refractivity contribution in [3.05, 3.63) is 45.6 Å². The van der Waals surface area contributed by atoms with Crippen LogP contribution in [0.2, 0.25) is 5.02 Å². The van der Waals surface area contributed by atoms with Crippen molar-refractivity contribution in [2.45, 2.75) is 52.0 Å². The second-order valence-corrected chi connectivity index (χ2v) is 7.99. The van der Waals surface area contributed by atoms with Crippen LogP contribution in [-0.4, -0.2) is 23.0 Å². The fraction of sp³-hybridized carbons (Fsp3) is 0.409. The van der Waals surface area contributed by atoms with Crippen molar-refractivity contribution in [3.8, 4) is 11.8 Å². The van der Waals surface area contributed by atoms with Gasteiger partial charge in [0.2, 0.25) is 0 Å². The largest absolute Gasteiger partial charge is 0.483 e. The number of nitrogens with zero attached hydrogens (tertiary/aromatic N) is 2. The Hall–Kier alpha value is -2.98. The molecule has 2 aromatic rings. The molecule has 0 unspecified atom stereocenters. The van der Waals surface area contributed by atoms with Gasteiger partial charge in [-0.25, -0.2) is 0 Å². The van der Waals surface area contributed by atoms with E-state index in [1.165, 1.54) is 18.6 Å². The van der Waals surface area contributed by atoms with Gasteiger partial charge >= 0.3 is 0 Å². The second-order valence-electron chi connectivity index (χ2n) is 7.55. The van der Waals surface area contributed by atoms with Crippen molar-refractivity contribution in [1.82, 2.24) is 4.57 Å². The molecule has 0 spiro atoms. The van der Waals surface area contributed by atoms with Crippen LogP contribution >= 0.6 is 11.6 Å². The zero-order valence-corrected chi connectivity index (χ0v) is 17.9. The van der Waals surface area contributed by atoms with Gasteiger partial charge in [0.05, 0.1) is 11.1 Å². The van der Waals surface area contributed by atoms with Crippen LogP contribution < -0.4 is 15.8 Å². The van der Waals surface area contributed by atoms with Crippen LogP contribution in [0, 0.1) is 25.2 Å². The number of nitrogens with one attached hydrogen (secondary N) is 1. The highest BCUT2D eigenvalue weighted by atomic mass is 35.5. The molecular weight excluding hydrogens is 404 g/mol. The predicted octanol–water partition coefficient (Wildman–Crippen LogP) is 4.25. The number of hydrogen-bond donors (Lipinski definition) is 2. The van der Waals surface area contributed by atoms with E-state index >= 15 is 0 Å². The number of nitriles is 1. The smallest absolute Gasteiger partial charge is 0.263 e.